The monoisotopic (exact) mass is 448 g/mol. The molecule has 2 fully saturated rings. The Kier molecular flexibility index (Phi) is 5.26. The zero-order valence-electron chi connectivity index (χ0n) is 18.2. The second-order valence-corrected chi connectivity index (χ2v) is 8.29. The van der Waals surface area contributed by atoms with Crippen molar-refractivity contribution >= 4 is 40.2 Å². The Balaban J connectivity index is 1.25. The third-order valence-electron chi connectivity index (χ3n) is 6.02. The van der Waals surface area contributed by atoms with E-state index in [0.717, 1.165) is 29.1 Å². The average Bonchev–Trinajstić information content (AvgIpc) is 3.36. The Hall–Kier alpha value is -3.85. The lowest BCUT2D eigenvalue weighted by atomic mass is 9.99. The van der Waals surface area contributed by atoms with Crippen LogP contribution in [0.5, 0.6) is 0 Å². The number of carbonyl (C=O) groups is 3. The van der Waals surface area contributed by atoms with Gasteiger partial charge in [-0.1, -0.05) is 18.2 Å². The lowest BCUT2D eigenvalue weighted by Gasteiger charge is -2.28. The van der Waals surface area contributed by atoms with Crippen LogP contribution in [0, 0.1) is 0 Å². The molecule has 2 aliphatic rings. The van der Waals surface area contributed by atoms with Crippen LogP contribution in [0.3, 0.4) is 0 Å². The van der Waals surface area contributed by atoms with E-state index in [-0.39, 0.29) is 0 Å². The van der Waals surface area contributed by atoms with Gasteiger partial charge in [0.2, 0.25) is 5.91 Å². The van der Waals surface area contributed by atoms with Crippen molar-refractivity contribution in [2.24, 2.45) is 0 Å². The number of carbonyl (C=O) groups excluding carboxylic acids is 3. The van der Waals surface area contributed by atoms with E-state index >= 15 is 0 Å². The number of amides is 4. The summed E-state index contributed by atoms with van der Waals surface area (Å²) in [6, 6.07) is 15.9. The maximum absolute atomic E-state index is 13.1. The van der Waals surface area contributed by atoms with Crippen molar-refractivity contribution in [3.63, 3.8) is 0 Å². The highest BCUT2D eigenvalue weighted by Crippen LogP contribution is 2.33. The smallest absolute Gasteiger partial charge is 0.325 e. The molecule has 0 spiro atoms. The second kappa shape index (κ2) is 8.25. The molecule has 170 valence electrons. The van der Waals surface area contributed by atoms with E-state index in [4.69, 9.17) is 9.15 Å². The maximum atomic E-state index is 13.1. The van der Waals surface area contributed by atoms with Gasteiger partial charge in [-0.15, -0.1) is 0 Å². The largest absolute Gasteiger partial charge is 0.458 e. The van der Waals surface area contributed by atoms with Crippen LogP contribution < -0.4 is 15.5 Å². The van der Waals surface area contributed by atoms with Crippen molar-refractivity contribution in [2.75, 3.05) is 43.1 Å². The van der Waals surface area contributed by atoms with Gasteiger partial charge in [-0.3, -0.25) is 14.5 Å². The fourth-order valence-electron chi connectivity index (χ4n) is 4.16. The topological polar surface area (TPSA) is 104 Å². The van der Waals surface area contributed by atoms with Gasteiger partial charge < -0.3 is 24.7 Å². The Morgan fingerprint density at radius 1 is 1.09 bits per heavy atom. The molecule has 9 nitrogen and oxygen atoms in total. The highest BCUT2D eigenvalue weighted by Gasteiger charge is 2.51. The Labute approximate surface area is 190 Å². The maximum Gasteiger partial charge on any atom is 0.325 e. The van der Waals surface area contributed by atoms with Crippen LogP contribution in [0.4, 0.5) is 16.2 Å². The van der Waals surface area contributed by atoms with Crippen molar-refractivity contribution in [3.8, 4) is 0 Å². The molecular weight excluding hydrogens is 424 g/mol. The van der Waals surface area contributed by atoms with Crippen molar-refractivity contribution in [1.29, 1.82) is 0 Å². The van der Waals surface area contributed by atoms with E-state index < -0.39 is 29.9 Å². The highest BCUT2D eigenvalue weighted by atomic mass is 16.5. The molecule has 1 atom stereocenters. The Morgan fingerprint density at radius 2 is 1.82 bits per heavy atom. The lowest BCUT2D eigenvalue weighted by Crippen LogP contribution is -2.41. The number of fused-ring (bicyclic) bond motifs is 1. The predicted molar refractivity (Wildman–Crippen MR) is 122 cm³/mol. The fourth-order valence-corrected chi connectivity index (χ4v) is 4.16. The number of morpholine rings is 1. The number of nitrogens with zero attached hydrogens (tertiary/aromatic N) is 2. The number of hydrogen-bond acceptors (Lipinski definition) is 6. The standard InChI is InChI=1S/C24H24N4O5/c1-24(20-14-16-4-2-3-5-19(16)33-20)22(30)28(23(31)26-24)15-21(29)25-17-6-8-18(9-7-17)27-10-12-32-13-11-27/h2-9,14H,10-13,15H2,1H3,(H,25,29)(H,26,31)/t24-/m0/s1. The third kappa shape index (κ3) is 3.91. The second-order valence-electron chi connectivity index (χ2n) is 8.29. The quantitative estimate of drug-likeness (QED) is 0.582. The molecule has 0 bridgehead atoms. The van der Waals surface area contributed by atoms with Gasteiger partial charge in [0.1, 0.15) is 17.9 Å². The molecule has 0 saturated carbocycles. The van der Waals surface area contributed by atoms with Crippen LogP contribution in [-0.2, 0) is 19.9 Å². The summed E-state index contributed by atoms with van der Waals surface area (Å²) in [5, 5.41) is 6.24. The summed E-state index contributed by atoms with van der Waals surface area (Å²) in [6.07, 6.45) is 0. The van der Waals surface area contributed by atoms with Crippen molar-refractivity contribution < 1.29 is 23.5 Å². The summed E-state index contributed by atoms with van der Waals surface area (Å²) in [5.41, 5.74) is 0.875. The van der Waals surface area contributed by atoms with Crippen LogP contribution in [0.15, 0.2) is 59.0 Å². The molecule has 0 radical (unpaired) electrons. The number of hydrogen-bond donors (Lipinski definition) is 2. The SMILES string of the molecule is C[C@@]1(c2cc3ccccc3o2)NC(=O)N(CC(=O)Nc2ccc(N3CCOCC3)cc2)C1=O. The minimum absolute atomic E-state index is 0.323. The molecule has 2 aromatic carbocycles. The van der Waals surface area contributed by atoms with E-state index in [0.29, 0.717) is 30.2 Å². The molecule has 33 heavy (non-hydrogen) atoms. The number of nitrogens with one attached hydrogen (secondary N) is 2. The molecule has 9 heteroatoms. The van der Waals surface area contributed by atoms with Gasteiger partial charge in [0.25, 0.3) is 5.91 Å². The number of rotatable bonds is 5. The van der Waals surface area contributed by atoms with Gasteiger partial charge >= 0.3 is 6.03 Å². The summed E-state index contributed by atoms with van der Waals surface area (Å²) in [7, 11) is 0. The van der Waals surface area contributed by atoms with Crippen LogP contribution in [0.25, 0.3) is 11.0 Å². The van der Waals surface area contributed by atoms with Crippen molar-refractivity contribution in [3.05, 3.63) is 60.4 Å². The van der Waals surface area contributed by atoms with Crippen molar-refractivity contribution in [1.82, 2.24) is 10.2 Å². The highest BCUT2D eigenvalue weighted by molar-refractivity contribution is 6.10. The summed E-state index contributed by atoms with van der Waals surface area (Å²) in [5.74, 6) is -0.681. The van der Waals surface area contributed by atoms with E-state index in [1.54, 1.807) is 31.2 Å². The fraction of sp³-hybridized carbons (Fsp3) is 0.292. The molecule has 1 aromatic heterocycles. The number of imide groups is 1. The minimum atomic E-state index is -1.38. The number of urea groups is 1. The van der Waals surface area contributed by atoms with Gasteiger partial charge in [-0.2, -0.15) is 0 Å². The molecule has 3 heterocycles. The van der Waals surface area contributed by atoms with Crippen LogP contribution in [0.1, 0.15) is 12.7 Å². The number of furan rings is 1. The minimum Gasteiger partial charge on any atom is -0.458 e. The lowest BCUT2D eigenvalue weighted by molar-refractivity contribution is -0.134. The Bertz CT molecular complexity index is 1180. The van der Waals surface area contributed by atoms with E-state index in [9.17, 15) is 14.4 Å². The number of benzene rings is 2. The zero-order valence-corrected chi connectivity index (χ0v) is 18.2. The molecule has 2 aliphatic heterocycles. The van der Waals surface area contributed by atoms with Crippen molar-refractivity contribution in [2.45, 2.75) is 12.5 Å². The van der Waals surface area contributed by atoms with Gasteiger partial charge in [-0.25, -0.2) is 4.79 Å². The van der Waals surface area contributed by atoms with E-state index in [2.05, 4.69) is 15.5 Å². The molecule has 3 aromatic rings. The molecular formula is C24H24N4O5. The Morgan fingerprint density at radius 3 is 2.55 bits per heavy atom. The van der Waals surface area contributed by atoms with Crippen LogP contribution in [-0.4, -0.2) is 55.6 Å². The molecule has 2 N–H and O–H groups in total. The van der Waals surface area contributed by atoms with E-state index in [1.807, 2.05) is 30.3 Å². The van der Waals surface area contributed by atoms with Crippen LogP contribution in [0.2, 0.25) is 0 Å². The zero-order chi connectivity index (χ0) is 23.0. The first-order valence-corrected chi connectivity index (χ1v) is 10.8. The molecule has 0 aliphatic carbocycles. The summed E-state index contributed by atoms with van der Waals surface area (Å²) < 4.78 is 11.2. The number of ether oxygens (including phenoxy) is 1. The first-order valence-electron chi connectivity index (χ1n) is 10.8. The molecule has 2 saturated heterocycles. The number of para-hydroxylation sites is 1. The van der Waals surface area contributed by atoms with Gasteiger partial charge in [-0.05, 0) is 43.3 Å². The molecule has 5 rings (SSSR count). The third-order valence-corrected chi connectivity index (χ3v) is 6.02. The number of anilines is 2. The van der Waals surface area contributed by atoms with Crippen LogP contribution >= 0.6 is 0 Å². The summed E-state index contributed by atoms with van der Waals surface area (Å²) in [6.45, 7) is 4.21. The summed E-state index contributed by atoms with van der Waals surface area (Å²) in [4.78, 5) is 41.4. The normalized spacial score (nSPS) is 20.9. The first-order chi connectivity index (χ1) is 15.9. The van der Waals surface area contributed by atoms with E-state index in [1.165, 1.54) is 0 Å². The van der Waals surface area contributed by atoms with Gasteiger partial charge in [0.15, 0.2) is 5.54 Å². The first kappa shape index (κ1) is 21.0. The average molecular weight is 448 g/mol. The van der Waals surface area contributed by atoms with Gasteiger partial charge in [0, 0.05) is 29.9 Å². The molecule has 0 unspecified atom stereocenters. The predicted octanol–water partition coefficient (Wildman–Crippen LogP) is 2.68. The molecule has 4 amide bonds. The summed E-state index contributed by atoms with van der Waals surface area (Å²) >= 11 is 0. The van der Waals surface area contributed by atoms with Gasteiger partial charge in [0.05, 0.1) is 13.2 Å².